The number of likely N-dealkylation sites (N-methyl/N-ethyl adjacent to an activating group) is 1. The van der Waals surface area contributed by atoms with Crippen molar-refractivity contribution in [3.05, 3.63) is 29.6 Å². The highest BCUT2D eigenvalue weighted by Crippen LogP contribution is 2.24. The molecule has 18 heavy (non-hydrogen) atoms. The molecule has 0 unspecified atom stereocenters. The van der Waals surface area contributed by atoms with Crippen LogP contribution in [0.5, 0.6) is 0 Å². The van der Waals surface area contributed by atoms with Crippen LogP contribution in [-0.4, -0.2) is 35.9 Å². The van der Waals surface area contributed by atoms with Gasteiger partial charge in [0.05, 0.1) is 0 Å². The fraction of sp³-hybridized carbons (Fsp3) is 0.571. The molecule has 4 nitrogen and oxygen atoms in total. The minimum atomic E-state index is -0.264. The molecule has 4 heteroatoms. The van der Waals surface area contributed by atoms with Gasteiger partial charge in [0.15, 0.2) is 0 Å². The Morgan fingerprint density at radius 3 is 3.11 bits per heavy atom. The average Bonchev–Trinajstić information content (AvgIpc) is 2.37. The van der Waals surface area contributed by atoms with E-state index in [9.17, 15) is 4.79 Å². The molecule has 1 atom stereocenters. The molecule has 0 saturated carbocycles. The van der Waals surface area contributed by atoms with Crippen molar-refractivity contribution in [3.8, 4) is 0 Å². The van der Waals surface area contributed by atoms with E-state index >= 15 is 0 Å². The summed E-state index contributed by atoms with van der Waals surface area (Å²) in [5.74, 6) is 0.261. The maximum absolute atomic E-state index is 10.8. The number of likely N-dealkylation sites (tertiary alicyclic amines) is 1. The van der Waals surface area contributed by atoms with E-state index in [0.29, 0.717) is 18.8 Å². The van der Waals surface area contributed by atoms with Crippen LogP contribution in [0.2, 0.25) is 0 Å². The van der Waals surface area contributed by atoms with Crippen molar-refractivity contribution in [1.29, 1.82) is 0 Å². The monoisotopic (exact) mass is 247 g/mol. The van der Waals surface area contributed by atoms with E-state index in [4.69, 9.17) is 5.73 Å². The summed E-state index contributed by atoms with van der Waals surface area (Å²) in [5.41, 5.74) is 7.29. The van der Waals surface area contributed by atoms with E-state index < -0.39 is 0 Å². The molecule has 1 saturated heterocycles. The molecule has 1 aliphatic heterocycles. The van der Waals surface area contributed by atoms with E-state index in [1.54, 1.807) is 0 Å². The van der Waals surface area contributed by atoms with Crippen LogP contribution in [0, 0.1) is 0 Å². The van der Waals surface area contributed by atoms with Gasteiger partial charge >= 0.3 is 0 Å². The zero-order chi connectivity index (χ0) is 13.0. The average molecular weight is 247 g/mol. The molecule has 1 aromatic rings. The summed E-state index contributed by atoms with van der Waals surface area (Å²) < 4.78 is 0. The van der Waals surface area contributed by atoms with Crippen molar-refractivity contribution >= 4 is 5.91 Å². The molecule has 1 fully saturated rings. The smallest absolute Gasteiger partial charge is 0.217 e. The fourth-order valence-electron chi connectivity index (χ4n) is 2.52. The lowest BCUT2D eigenvalue weighted by molar-refractivity contribution is -0.118. The van der Waals surface area contributed by atoms with E-state index in [-0.39, 0.29) is 5.91 Å². The zero-order valence-corrected chi connectivity index (χ0v) is 10.9. The first-order valence-corrected chi connectivity index (χ1v) is 6.58. The Bertz CT molecular complexity index is 419. The van der Waals surface area contributed by atoms with Crippen LogP contribution in [0.1, 0.15) is 36.6 Å². The molecule has 0 radical (unpaired) electrons. The minimum Gasteiger partial charge on any atom is -0.370 e. The second-order valence-electron chi connectivity index (χ2n) is 5.12. The van der Waals surface area contributed by atoms with Crippen LogP contribution < -0.4 is 5.73 Å². The fourth-order valence-corrected chi connectivity index (χ4v) is 2.52. The molecule has 0 spiro atoms. The predicted octanol–water partition coefficient (Wildman–Crippen LogP) is 1.31. The van der Waals surface area contributed by atoms with Crippen molar-refractivity contribution in [2.75, 3.05) is 20.1 Å². The lowest BCUT2D eigenvalue weighted by Gasteiger charge is -2.29. The number of aromatic nitrogens is 1. The normalized spacial score (nSPS) is 20.8. The second kappa shape index (κ2) is 5.96. The summed E-state index contributed by atoms with van der Waals surface area (Å²) in [6.07, 6.45) is 3.46. The Labute approximate surface area is 108 Å². The maximum Gasteiger partial charge on any atom is 0.217 e. The van der Waals surface area contributed by atoms with Crippen molar-refractivity contribution in [2.45, 2.75) is 31.6 Å². The van der Waals surface area contributed by atoms with Gasteiger partial charge in [0.1, 0.15) is 0 Å². The Kier molecular flexibility index (Phi) is 4.31. The second-order valence-corrected chi connectivity index (χ2v) is 5.12. The SMILES string of the molecule is CN1CCC[C@@H](c2cccc(CCC(N)=O)n2)C1. The first-order chi connectivity index (χ1) is 8.65. The van der Waals surface area contributed by atoms with Crippen molar-refractivity contribution in [2.24, 2.45) is 5.73 Å². The van der Waals surface area contributed by atoms with Gasteiger partial charge in [-0.1, -0.05) is 6.07 Å². The van der Waals surface area contributed by atoms with Crippen LogP contribution in [0.4, 0.5) is 0 Å². The number of carbonyl (C=O) groups is 1. The van der Waals surface area contributed by atoms with Crippen molar-refractivity contribution in [1.82, 2.24) is 9.88 Å². The van der Waals surface area contributed by atoms with Gasteiger partial charge in [0, 0.05) is 30.3 Å². The first-order valence-electron chi connectivity index (χ1n) is 6.58. The predicted molar refractivity (Wildman–Crippen MR) is 71.2 cm³/mol. The maximum atomic E-state index is 10.8. The van der Waals surface area contributed by atoms with Crippen LogP contribution in [-0.2, 0) is 11.2 Å². The van der Waals surface area contributed by atoms with E-state index in [1.165, 1.54) is 19.4 Å². The number of aryl methyl sites for hydroxylation is 1. The van der Waals surface area contributed by atoms with Crippen molar-refractivity contribution < 1.29 is 4.79 Å². The molecule has 2 heterocycles. The van der Waals surface area contributed by atoms with Crippen LogP contribution in [0.15, 0.2) is 18.2 Å². The Hall–Kier alpha value is -1.42. The molecule has 98 valence electrons. The number of nitrogens with zero attached hydrogens (tertiary/aromatic N) is 2. The third-order valence-corrected chi connectivity index (χ3v) is 3.50. The van der Waals surface area contributed by atoms with Gasteiger partial charge in [-0.15, -0.1) is 0 Å². The molecular weight excluding hydrogens is 226 g/mol. The van der Waals surface area contributed by atoms with Gasteiger partial charge in [-0.25, -0.2) is 0 Å². The third-order valence-electron chi connectivity index (χ3n) is 3.50. The molecule has 2 rings (SSSR count). The highest BCUT2D eigenvalue weighted by atomic mass is 16.1. The zero-order valence-electron chi connectivity index (χ0n) is 10.9. The number of nitrogens with two attached hydrogens (primary N) is 1. The Balaban J connectivity index is 2.04. The highest BCUT2D eigenvalue weighted by molar-refractivity contribution is 5.73. The largest absolute Gasteiger partial charge is 0.370 e. The number of amides is 1. The Morgan fingerprint density at radius 2 is 2.39 bits per heavy atom. The summed E-state index contributed by atoms with van der Waals surface area (Å²) in [6.45, 7) is 2.25. The number of piperidine rings is 1. The quantitative estimate of drug-likeness (QED) is 0.872. The summed E-state index contributed by atoms with van der Waals surface area (Å²) in [7, 11) is 2.16. The van der Waals surface area contributed by atoms with Gasteiger partial charge in [-0.3, -0.25) is 9.78 Å². The van der Waals surface area contributed by atoms with Crippen LogP contribution >= 0.6 is 0 Å². The minimum absolute atomic E-state index is 0.264. The standard InChI is InChI=1S/C14H21N3O/c1-17-9-3-4-11(10-17)13-6-2-5-12(16-13)7-8-14(15)18/h2,5-6,11H,3-4,7-10H2,1H3,(H2,15,18)/t11-/m1/s1. The van der Waals surface area contributed by atoms with E-state index in [1.807, 2.05) is 12.1 Å². The summed E-state index contributed by atoms with van der Waals surface area (Å²) in [5, 5.41) is 0. The molecule has 0 bridgehead atoms. The lowest BCUT2D eigenvalue weighted by Crippen LogP contribution is -2.31. The molecule has 1 aromatic heterocycles. The molecule has 0 aliphatic carbocycles. The number of hydrogen-bond donors (Lipinski definition) is 1. The third kappa shape index (κ3) is 3.53. The van der Waals surface area contributed by atoms with Gasteiger partial charge in [-0.05, 0) is 45.0 Å². The van der Waals surface area contributed by atoms with Crippen LogP contribution in [0.25, 0.3) is 0 Å². The van der Waals surface area contributed by atoms with Gasteiger partial charge in [0.2, 0.25) is 5.91 Å². The van der Waals surface area contributed by atoms with Gasteiger partial charge < -0.3 is 10.6 Å². The number of rotatable bonds is 4. The summed E-state index contributed by atoms with van der Waals surface area (Å²) in [6, 6.07) is 6.10. The molecule has 1 amide bonds. The van der Waals surface area contributed by atoms with E-state index in [2.05, 4.69) is 23.0 Å². The lowest BCUT2D eigenvalue weighted by atomic mass is 9.94. The highest BCUT2D eigenvalue weighted by Gasteiger charge is 2.19. The number of hydrogen-bond acceptors (Lipinski definition) is 3. The Morgan fingerprint density at radius 1 is 1.56 bits per heavy atom. The van der Waals surface area contributed by atoms with E-state index in [0.717, 1.165) is 17.9 Å². The number of primary amides is 1. The van der Waals surface area contributed by atoms with Gasteiger partial charge in [-0.2, -0.15) is 0 Å². The summed E-state index contributed by atoms with van der Waals surface area (Å²) >= 11 is 0. The molecule has 2 N–H and O–H groups in total. The first kappa shape index (κ1) is 13.0. The summed E-state index contributed by atoms with van der Waals surface area (Å²) in [4.78, 5) is 17.8. The topological polar surface area (TPSA) is 59.2 Å². The molecule has 1 aliphatic rings. The molecular formula is C14H21N3O. The van der Waals surface area contributed by atoms with Crippen LogP contribution in [0.3, 0.4) is 0 Å². The van der Waals surface area contributed by atoms with Gasteiger partial charge in [0.25, 0.3) is 0 Å². The van der Waals surface area contributed by atoms with Crippen molar-refractivity contribution in [3.63, 3.8) is 0 Å². The molecule has 0 aromatic carbocycles. The number of carbonyl (C=O) groups excluding carboxylic acids is 1. The number of pyridine rings is 1.